The lowest BCUT2D eigenvalue weighted by molar-refractivity contribution is 0.348. The maximum Gasteiger partial charge on any atom is 0.231 e. The summed E-state index contributed by atoms with van der Waals surface area (Å²) in [5.74, 6) is 0. The second kappa shape index (κ2) is 7.19. The van der Waals surface area contributed by atoms with Gasteiger partial charge in [0.1, 0.15) is 0 Å². The number of aryl methyl sites for hydroxylation is 1. The summed E-state index contributed by atoms with van der Waals surface area (Å²) in [5.41, 5.74) is 5.89. The molecule has 0 spiro atoms. The molecule has 0 unspecified atom stereocenters. The zero-order chi connectivity index (χ0) is 18.9. The predicted octanol–water partition coefficient (Wildman–Crippen LogP) is 5.58. The topological polar surface area (TPSA) is 43.1 Å². The van der Waals surface area contributed by atoms with Crippen LogP contribution < -0.4 is 5.62 Å². The second-order valence-corrected chi connectivity index (χ2v) is 7.67. The molecule has 4 heteroatoms. The normalized spacial score (nSPS) is 16.1. The Morgan fingerprint density at radius 1 is 0.893 bits per heavy atom. The standard InChI is InChI=1S/C24H24N4/c1-17-16-22(19-12-8-9-13-20(19)25-17)27-24-26-21-14-6-3-7-15-23(21)28(24)18-10-4-2-5-11-18/h3,6-9,12-16,18H,2,4-5,10-11H2,1H3. The van der Waals surface area contributed by atoms with Crippen LogP contribution >= 0.6 is 0 Å². The van der Waals surface area contributed by atoms with E-state index in [1.54, 1.807) is 0 Å². The summed E-state index contributed by atoms with van der Waals surface area (Å²) in [5, 5.41) is 1.07. The molecule has 0 N–H and O–H groups in total. The van der Waals surface area contributed by atoms with Gasteiger partial charge in [-0.1, -0.05) is 55.7 Å². The SMILES string of the molecule is Cc1cc(N=c2nc3cccccc-3n2C2CCCCC2)c2ccccc2n1. The molecule has 0 amide bonds. The molecular weight excluding hydrogens is 344 g/mol. The fourth-order valence-corrected chi connectivity index (χ4v) is 4.36. The van der Waals surface area contributed by atoms with Gasteiger partial charge in [-0.25, -0.2) is 9.98 Å². The number of nitrogens with zero attached hydrogens (tertiary/aromatic N) is 4. The van der Waals surface area contributed by atoms with Crippen LogP contribution in [-0.4, -0.2) is 14.5 Å². The molecule has 5 rings (SSSR count). The minimum absolute atomic E-state index is 0.467. The summed E-state index contributed by atoms with van der Waals surface area (Å²) in [6.45, 7) is 2.02. The van der Waals surface area contributed by atoms with Crippen LogP contribution in [0.2, 0.25) is 0 Å². The van der Waals surface area contributed by atoms with Gasteiger partial charge in [0, 0.05) is 17.1 Å². The minimum Gasteiger partial charge on any atom is -0.305 e. The Bertz CT molecular complexity index is 1170. The molecule has 0 atom stereocenters. The molecule has 28 heavy (non-hydrogen) atoms. The van der Waals surface area contributed by atoms with Gasteiger partial charge in [0.25, 0.3) is 0 Å². The van der Waals surface area contributed by atoms with E-state index in [2.05, 4.69) is 52.0 Å². The molecule has 1 fully saturated rings. The highest BCUT2D eigenvalue weighted by atomic mass is 15.2. The van der Waals surface area contributed by atoms with Crippen LogP contribution in [-0.2, 0) is 0 Å². The third-order valence-corrected chi connectivity index (χ3v) is 5.67. The molecule has 4 nitrogen and oxygen atoms in total. The highest BCUT2D eigenvalue weighted by molar-refractivity contribution is 5.89. The van der Waals surface area contributed by atoms with Gasteiger partial charge in [-0.15, -0.1) is 0 Å². The molecule has 2 heterocycles. The number of hydrogen-bond acceptors (Lipinski definition) is 3. The summed E-state index contributed by atoms with van der Waals surface area (Å²) < 4.78 is 2.37. The number of fused-ring (bicyclic) bond motifs is 2. The monoisotopic (exact) mass is 368 g/mol. The molecule has 1 saturated carbocycles. The number of aromatic nitrogens is 3. The molecule has 1 aromatic heterocycles. The van der Waals surface area contributed by atoms with Gasteiger partial charge in [-0.3, -0.25) is 4.98 Å². The number of imidazole rings is 1. The first kappa shape index (κ1) is 17.1. The molecular formula is C24H24N4. The molecule has 0 radical (unpaired) electrons. The number of rotatable bonds is 2. The van der Waals surface area contributed by atoms with Crippen molar-refractivity contribution in [2.45, 2.75) is 45.1 Å². The van der Waals surface area contributed by atoms with Gasteiger partial charge < -0.3 is 4.57 Å². The molecule has 2 aromatic rings. The van der Waals surface area contributed by atoms with Gasteiger partial charge in [0.05, 0.1) is 22.6 Å². The van der Waals surface area contributed by atoms with E-state index in [9.17, 15) is 0 Å². The van der Waals surface area contributed by atoms with Crippen molar-refractivity contribution < 1.29 is 0 Å². The van der Waals surface area contributed by atoms with E-state index in [0.717, 1.165) is 33.6 Å². The van der Waals surface area contributed by atoms with E-state index in [-0.39, 0.29) is 0 Å². The van der Waals surface area contributed by atoms with Crippen LogP contribution in [0.25, 0.3) is 22.3 Å². The summed E-state index contributed by atoms with van der Waals surface area (Å²) in [4.78, 5) is 14.7. The Morgan fingerprint density at radius 3 is 2.57 bits per heavy atom. The lowest BCUT2D eigenvalue weighted by Crippen LogP contribution is -2.25. The van der Waals surface area contributed by atoms with Crippen LogP contribution in [0.15, 0.2) is 65.7 Å². The zero-order valence-electron chi connectivity index (χ0n) is 16.2. The van der Waals surface area contributed by atoms with E-state index in [1.165, 1.54) is 37.8 Å². The number of hydrogen-bond donors (Lipinski definition) is 0. The molecule has 2 aliphatic carbocycles. The Hall–Kier alpha value is -3.01. The third-order valence-electron chi connectivity index (χ3n) is 5.67. The Labute approximate surface area is 165 Å². The summed E-state index contributed by atoms with van der Waals surface area (Å²) in [6.07, 6.45) is 6.28. The highest BCUT2D eigenvalue weighted by Crippen LogP contribution is 2.32. The summed E-state index contributed by atoms with van der Waals surface area (Å²) in [7, 11) is 0. The van der Waals surface area contributed by atoms with Crippen molar-refractivity contribution >= 4 is 16.6 Å². The third kappa shape index (κ3) is 3.09. The van der Waals surface area contributed by atoms with Gasteiger partial charge in [0.2, 0.25) is 5.62 Å². The number of pyridine rings is 1. The van der Waals surface area contributed by atoms with Crippen molar-refractivity contribution in [2.75, 3.05) is 0 Å². The van der Waals surface area contributed by atoms with Crippen molar-refractivity contribution in [3.05, 3.63) is 72.0 Å². The van der Waals surface area contributed by atoms with E-state index in [4.69, 9.17) is 9.98 Å². The molecule has 1 aromatic carbocycles. The maximum atomic E-state index is 5.07. The average molecular weight is 368 g/mol. The van der Waals surface area contributed by atoms with Crippen molar-refractivity contribution in [2.24, 2.45) is 4.99 Å². The smallest absolute Gasteiger partial charge is 0.231 e. The Kier molecular flexibility index (Phi) is 4.40. The van der Waals surface area contributed by atoms with E-state index in [1.807, 2.05) is 25.1 Å². The first-order chi connectivity index (χ1) is 13.8. The highest BCUT2D eigenvalue weighted by Gasteiger charge is 2.22. The first-order valence-electron chi connectivity index (χ1n) is 10.2. The van der Waals surface area contributed by atoms with Crippen LogP contribution in [0.5, 0.6) is 0 Å². The maximum absolute atomic E-state index is 5.07. The predicted molar refractivity (Wildman–Crippen MR) is 113 cm³/mol. The lowest BCUT2D eigenvalue weighted by atomic mass is 9.95. The van der Waals surface area contributed by atoms with Crippen molar-refractivity contribution in [1.29, 1.82) is 0 Å². The molecule has 3 aliphatic rings. The quantitative estimate of drug-likeness (QED) is 0.463. The first-order valence-corrected chi connectivity index (χ1v) is 10.2. The van der Waals surface area contributed by atoms with E-state index >= 15 is 0 Å². The van der Waals surface area contributed by atoms with Crippen molar-refractivity contribution in [1.82, 2.24) is 14.5 Å². The van der Waals surface area contributed by atoms with Crippen LogP contribution in [0, 0.1) is 6.92 Å². The second-order valence-electron chi connectivity index (χ2n) is 7.67. The fraction of sp³-hybridized carbons (Fsp3) is 0.292. The average Bonchev–Trinajstić information content (AvgIpc) is 2.89. The van der Waals surface area contributed by atoms with Crippen LogP contribution in [0.4, 0.5) is 5.69 Å². The molecule has 140 valence electrons. The van der Waals surface area contributed by atoms with Crippen LogP contribution in [0.1, 0.15) is 43.8 Å². The van der Waals surface area contributed by atoms with Crippen molar-refractivity contribution in [3.8, 4) is 11.4 Å². The summed E-state index contributed by atoms with van der Waals surface area (Å²) >= 11 is 0. The molecule has 0 saturated heterocycles. The van der Waals surface area contributed by atoms with Gasteiger partial charge in [-0.05, 0) is 44.0 Å². The van der Waals surface area contributed by atoms with Gasteiger partial charge >= 0.3 is 0 Å². The zero-order valence-corrected chi connectivity index (χ0v) is 16.2. The van der Waals surface area contributed by atoms with Gasteiger partial charge in [-0.2, -0.15) is 0 Å². The largest absolute Gasteiger partial charge is 0.305 e. The van der Waals surface area contributed by atoms with E-state index < -0.39 is 0 Å². The number of benzene rings is 1. The minimum atomic E-state index is 0.467. The van der Waals surface area contributed by atoms with Crippen LogP contribution in [0.3, 0.4) is 0 Å². The van der Waals surface area contributed by atoms with E-state index in [0.29, 0.717) is 6.04 Å². The lowest BCUT2D eigenvalue weighted by Gasteiger charge is -2.24. The number of para-hydroxylation sites is 1. The van der Waals surface area contributed by atoms with Crippen molar-refractivity contribution in [3.63, 3.8) is 0 Å². The van der Waals surface area contributed by atoms with Gasteiger partial charge in [0.15, 0.2) is 0 Å². The Morgan fingerprint density at radius 2 is 1.68 bits per heavy atom. The summed E-state index contributed by atoms with van der Waals surface area (Å²) in [6, 6.07) is 21.2. The Balaban J connectivity index is 1.78. The fourth-order valence-electron chi connectivity index (χ4n) is 4.36. The molecule has 0 bridgehead atoms. The molecule has 1 aliphatic heterocycles.